The van der Waals surface area contributed by atoms with Gasteiger partial charge in [-0.15, -0.1) is 0 Å². The van der Waals surface area contributed by atoms with Crippen molar-refractivity contribution in [1.29, 1.82) is 0 Å². The summed E-state index contributed by atoms with van der Waals surface area (Å²) < 4.78 is 26.1. The molecule has 16 heavy (non-hydrogen) atoms. The van der Waals surface area contributed by atoms with Crippen molar-refractivity contribution in [2.24, 2.45) is 0 Å². The molecule has 0 saturated carbocycles. The van der Waals surface area contributed by atoms with Crippen LogP contribution in [-0.2, 0) is 10.0 Å². The highest BCUT2D eigenvalue weighted by Gasteiger charge is 2.11. The lowest BCUT2D eigenvalue weighted by molar-refractivity contribution is -0.858. The van der Waals surface area contributed by atoms with E-state index in [0.717, 1.165) is 13.0 Å². The molecule has 0 atom stereocenters. The van der Waals surface area contributed by atoms with E-state index >= 15 is 0 Å². The predicted octanol–water partition coefficient (Wildman–Crippen LogP) is -0.500. The lowest BCUT2D eigenvalue weighted by atomic mass is 10.4. The largest absolute Gasteiger partial charge is 0.340 e. The van der Waals surface area contributed by atoms with Crippen molar-refractivity contribution >= 4 is 10.0 Å². The third-order valence-corrected chi connectivity index (χ3v) is 3.68. The fraction of sp³-hybridized carbons (Fsp3) is 0.455. The number of hydrogen-bond acceptors (Lipinski definition) is 2. The minimum atomic E-state index is -3.32. The average Bonchev–Trinajstić information content (AvgIpc) is 2.26. The summed E-state index contributed by atoms with van der Waals surface area (Å²) in [5.74, 6) is 0. The predicted molar refractivity (Wildman–Crippen MR) is 63.9 cm³/mol. The van der Waals surface area contributed by atoms with Crippen molar-refractivity contribution in [3.8, 4) is 0 Å². The molecule has 0 fully saturated rings. The zero-order valence-corrected chi connectivity index (χ0v) is 10.5. The van der Waals surface area contributed by atoms with Crippen LogP contribution in [-0.4, -0.2) is 35.6 Å². The number of quaternary nitrogens is 1. The van der Waals surface area contributed by atoms with E-state index in [1.807, 2.05) is 14.1 Å². The molecule has 0 spiro atoms. The molecule has 90 valence electrons. The Hall–Kier alpha value is -0.910. The Kier molecular flexibility index (Phi) is 4.92. The molecule has 0 radical (unpaired) electrons. The standard InChI is InChI=1S/C11H18N2O2S/c1-13(2)10-6-9-12-16(14,15)11-7-4-3-5-8-11/h3-5,7-8,12H,6,9-10H2,1-2H3/p+1. The normalized spacial score (nSPS) is 11.9. The first kappa shape index (κ1) is 13.2. The van der Waals surface area contributed by atoms with Gasteiger partial charge < -0.3 is 4.90 Å². The minimum Gasteiger partial charge on any atom is -0.340 e. The monoisotopic (exact) mass is 243 g/mol. The van der Waals surface area contributed by atoms with E-state index in [0.29, 0.717) is 11.4 Å². The Morgan fingerprint density at radius 3 is 2.38 bits per heavy atom. The first-order valence-electron chi connectivity index (χ1n) is 5.36. The maximum atomic E-state index is 11.8. The highest BCUT2D eigenvalue weighted by molar-refractivity contribution is 7.89. The first-order chi connectivity index (χ1) is 7.52. The van der Waals surface area contributed by atoms with Crippen LogP contribution in [0.25, 0.3) is 0 Å². The fourth-order valence-electron chi connectivity index (χ4n) is 1.33. The molecule has 0 aliphatic carbocycles. The number of benzene rings is 1. The molecule has 2 N–H and O–H groups in total. The summed E-state index contributed by atoms with van der Waals surface area (Å²) in [6, 6.07) is 8.44. The highest BCUT2D eigenvalue weighted by Crippen LogP contribution is 2.06. The molecule has 5 heteroatoms. The topological polar surface area (TPSA) is 50.6 Å². The number of hydrogen-bond donors (Lipinski definition) is 2. The Bertz CT molecular complexity index is 401. The van der Waals surface area contributed by atoms with Gasteiger partial charge in [0.1, 0.15) is 0 Å². The lowest BCUT2D eigenvalue weighted by Gasteiger charge is -2.08. The molecule has 1 rings (SSSR count). The van der Waals surface area contributed by atoms with Crippen molar-refractivity contribution in [2.45, 2.75) is 11.3 Å². The number of nitrogens with one attached hydrogen (secondary N) is 2. The van der Waals surface area contributed by atoms with Crippen molar-refractivity contribution in [3.05, 3.63) is 30.3 Å². The Balaban J connectivity index is 2.48. The summed E-state index contributed by atoms with van der Waals surface area (Å²) in [5.41, 5.74) is 0. The summed E-state index contributed by atoms with van der Waals surface area (Å²) in [7, 11) is 0.777. The van der Waals surface area contributed by atoms with Crippen molar-refractivity contribution in [2.75, 3.05) is 27.2 Å². The molecule has 0 amide bonds. The van der Waals surface area contributed by atoms with Gasteiger partial charge >= 0.3 is 0 Å². The maximum Gasteiger partial charge on any atom is 0.240 e. The smallest absolute Gasteiger partial charge is 0.240 e. The van der Waals surface area contributed by atoms with E-state index in [2.05, 4.69) is 4.72 Å². The zero-order chi connectivity index (χ0) is 12.0. The molecule has 0 aliphatic rings. The second-order valence-electron chi connectivity index (χ2n) is 4.02. The van der Waals surface area contributed by atoms with Gasteiger partial charge in [0.2, 0.25) is 10.0 Å². The van der Waals surface area contributed by atoms with Gasteiger partial charge in [-0.25, -0.2) is 13.1 Å². The molecule has 0 aliphatic heterocycles. The van der Waals surface area contributed by atoms with E-state index in [1.54, 1.807) is 30.3 Å². The average molecular weight is 243 g/mol. The molecule has 0 saturated heterocycles. The van der Waals surface area contributed by atoms with Crippen LogP contribution < -0.4 is 9.62 Å². The van der Waals surface area contributed by atoms with Gasteiger partial charge in [-0.3, -0.25) is 0 Å². The molecule has 1 aromatic carbocycles. The van der Waals surface area contributed by atoms with Crippen LogP contribution in [0.4, 0.5) is 0 Å². The van der Waals surface area contributed by atoms with Gasteiger partial charge in [-0.1, -0.05) is 18.2 Å². The van der Waals surface area contributed by atoms with Gasteiger partial charge in [0, 0.05) is 13.0 Å². The molecule has 0 bridgehead atoms. The summed E-state index contributed by atoms with van der Waals surface area (Å²) in [6.45, 7) is 1.44. The van der Waals surface area contributed by atoms with Gasteiger partial charge in [-0.2, -0.15) is 0 Å². The molecular weight excluding hydrogens is 224 g/mol. The second kappa shape index (κ2) is 5.98. The van der Waals surface area contributed by atoms with Crippen molar-refractivity contribution in [1.82, 2.24) is 4.72 Å². The highest BCUT2D eigenvalue weighted by atomic mass is 32.2. The maximum absolute atomic E-state index is 11.8. The van der Waals surface area contributed by atoms with E-state index in [9.17, 15) is 8.42 Å². The molecule has 4 nitrogen and oxygen atoms in total. The lowest BCUT2D eigenvalue weighted by Crippen LogP contribution is -3.05. The van der Waals surface area contributed by atoms with Gasteiger partial charge in [0.15, 0.2) is 0 Å². The summed E-state index contributed by atoms with van der Waals surface area (Å²) in [6.07, 6.45) is 0.842. The summed E-state index contributed by atoms with van der Waals surface area (Å²) in [5, 5.41) is 0. The van der Waals surface area contributed by atoms with E-state index in [-0.39, 0.29) is 0 Å². The summed E-state index contributed by atoms with van der Waals surface area (Å²) in [4.78, 5) is 1.64. The van der Waals surface area contributed by atoms with E-state index in [1.165, 1.54) is 4.90 Å². The minimum absolute atomic E-state index is 0.326. The first-order valence-corrected chi connectivity index (χ1v) is 6.84. The third kappa shape index (κ3) is 4.30. The van der Waals surface area contributed by atoms with Crippen molar-refractivity contribution in [3.63, 3.8) is 0 Å². The van der Waals surface area contributed by atoms with Crippen LogP contribution in [0.2, 0.25) is 0 Å². The van der Waals surface area contributed by atoms with Crippen LogP contribution in [0, 0.1) is 0 Å². The SMILES string of the molecule is C[NH+](C)CCCNS(=O)(=O)c1ccccc1. The van der Waals surface area contributed by atoms with Gasteiger partial charge in [-0.05, 0) is 12.1 Å². The summed E-state index contributed by atoms with van der Waals surface area (Å²) >= 11 is 0. The molecule has 0 aromatic heterocycles. The van der Waals surface area contributed by atoms with Crippen molar-refractivity contribution < 1.29 is 13.3 Å². The van der Waals surface area contributed by atoms with Gasteiger partial charge in [0.05, 0.1) is 25.5 Å². The zero-order valence-electron chi connectivity index (χ0n) is 9.73. The third-order valence-electron chi connectivity index (χ3n) is 2.20. The second-order valence-corrected chi connectivity index (χ2v) is 5.79. The van der Waals surface area contributed by atoms with Crippen LogP contribution in [0.5, 0.6) is 0 Å². The fourth-order valence-corrected chi connectivity index (χ4v) is 2.43. The number of sulfonamides is 1. The molecule has 1 aromatic rings. The number of rotatable bonds is 6. The van der Waals surface area contributed by atoms with Crippen LogP contribution in [0.15, 0.2) is 35.2 Å². The van der Waals surface area contributed by atoms with Crippen LogP contribution >= 0.6 is 0 Å². The molecular formula is C11H19N2O2S+. The molecule has 0 unspecified atom stereocenters. The van der Waals surface area contributed by atoms with Gasteiger partial charge in [0.25, 0.3) is 0 Å². The molecule has 0 heterocycles. The van der Waals surface area contributed by atoms with E-state index in [4.69, 9.17) is 0 Å². The Labute approximate surface area is 97.3 Å². The Morgan fingerprint density at radius 2 is 1.81 bits per heavy atom. The quantitative estimate of drug-likeness (QED) is 0.662. The Morgan fingerprint density at radius 1 is 1.19 bits per heavy atom. The van der Waals surface area contributed by atoms with Crippen LogP contribution in [0.1, 0.15) is 6.42 Å². The van der Waals surface area contributed by atoms with Crippen LogP contribution in [0.3, 0.4) is 0 Å². The van der Waals surface area contributed by atoms with E-state index < -0.39 is 10.0 Å².